The third-order valence-corrected chi connectivity index (χ3v) is 6.16. The second-order valence-corrected chi connectivity index (χ2v) is 8.39. The van der Waals surface area contributed by atoms with Gasteiger partial charge in [-0.15, -0.1) is 0 Å². The Hall–Kier alpha value is -2.87. The van der Waals surface area contributed by atoms with E-state index < -0.39 is 24.2 Å². The van der Waals surface area contributed by atoms with Crippen molar-refractivity contribution < 1.29 is 24.5 Å². The summed E-state index contributed by atoms with van der Waals surface area (Å²) in [6, 6.07) is 13.7. The molecule has 0 aromatic heterocycles. The van der Waals surface area contributed by atoms with Gasteiger partial charge in [0.15, 0.2) is 0 Å². The second kappa shape index (κ2) is 9.32. The summed E-state index contributed by atoms with van der Waals surface area (Å²) in [7, 11) is 0. The van der Waals surface area contributed by atoms with Crippen LogP contribution in [0.5, 0.6) is 5.75 Å². The maximum absolute atomic E-state index is 13.0. The van der Waals surface area contributed by atoms with Crippen LogP contribution in [0.1, 0.15) is 24.0 Å². The van der Waals surface area contributed by atoms with Crippen LogP contribution in [-0.4, -0.2) is 58.3 Å². The predicted octanol–water partition coefficient (Wildman–Crippen LogP) is 2.01. The Morgan fingerprint density at radius 1 is 1.16 bits per heavy atom. The molecule has 0 saturated heterocycles. The number of aliphatic hydroxyl groups excluding tert-OH is 2. The fourth-order valence-electron chi connectivity index (χ4n) is 4.40. The Balaban J connectivity index is 1.72. The lowest BCUT2D eigenvalue weighted by atomic mass is 9.77. The van der Waals surface area contributed by atoms with Crippen molar-refractivity contribution in [1.82, 2.24) is 10.2 Å². The van der Waals surface area contributed by atoms with Gasteiger partial charge in [-0.2, -0.15) is 0 Å². The zero-order chi connectivity index (χ0) is 22.8. The molecule has 0 radical (unpaired) electrons. The largest absolute Gasteiger partial charge is 0.486 e. The van der Waals surface area contributed by atoms with E-state index in [2.05, 4.69) is 5.32 Å². The van der Waals surface area contributed by atoms with E-state index in [-0.39, 0.29) is 31.5 Å². The molecule has 4 unspecified atom stereocenters. The van der Waals surface area contributed by atoms with Gasteiger partial charge in [-0.1, -0.05) is 41.9 Å². The molecule has 2 aliphatic rings. The van der Waals surface area contributed by atoms with Gasteiger partial charge in [0.1, 0.15) is 18.0 Å². The number of carbonyl (C=O) groups excluding carboxylic acids is 2. The number of carbonyl (C=O) groups is 2. The van der Waals surface area contributed by atoms with Crippen LogP contribution >= 0.6 is 11.6 Å². The van der Waals surface area contributed by atoms with E-state index in [1.807, 2.05) is 30.3 Å². The third kappa shape index (κ3) is 4.24. The molecule has 4 rings (SSSR count). The van der Waals surface area contributed by atoms with Crippen LogP contribution in [0, 0.1) is 0 Å². The molecule has 3 N–H and O–H groups in total. The van der Waals surface area contributed by atoms with Crippen molar-refractivity contribution in [3.05, 3.63) is 76.3 Å². The van der Waals surface area contributed by atoms with Crippen molar-refractivity contribution in [3.8, 4) is 5.75 Å². The van der Waals surface area contributed by atoms with Crippen LogP contribution in [0.4, 0.5) is 0 Å². The molecular formula is C24H25ClN2O5. The quantitative estimate of drug-likeness (QED) is 0.617. The summed E-state index contributed by atoms with van der Waals surface area (Å²) in [6.45, 7) is 1.58. The van der Waals surface area contributed by atoms with Gasteiger partial charge in [-0.25, -0.2) is 0 Å². The van der Waals surface area contributed by atoms with E-state index in [0.29, 0.717) is 16.3 Å². The SMILES string of the molecule is CC(=O)N(Cc1ccc(Cl)cc1)C1C=C(C(=O)NCCO)C2c3ccccc3OC2C1O. The summed E-state index contributed by atoms with van der Waals surface area (Å²) in [4.78, 5) is 27.1. The molecule has 0 saturated carbocycles. The average molecular weight is 457 g/mol. The molecule has 1 aliphatic carbocycles. The zero-order valence-corrected chi connectivity index (χ0v) is 18.3. The number of hydrogen-bond donors (Lipinski definition) is 3. The van der Waals surface area contributed by atoms with E-state index in [0.717, 1.165) is 11.1 Å². The van der Waals surface area contributed by atoms with Gasteiger partial charge >= 0.3 is 0 Å². The lowest BCUT2D eigenvalue weighted by Crippen LogP contribution is -2.55. The second-order valence-electron chi connectivity index (χ2n) is 7.95. The van der Waals surface area contributed by atoms with Gasteiger partial charge in [0, 0.05) is 36.2 Å². The van der Waals surface area contributed by atoms with Crippen LogP contribution in [0.2, 0.25) is 5.02 Å². The van der Waals surface area contributed by atoms with Crippen molar-refractivity contribution in [1.29, 1.82) is 0 Å². The number of amides is 2. The van der Waals surface area contributed by atoms with Crippen molar-refractivity contribution >= 4 is 23.4 Å². The first-order chi connectivity index (χ1) is 15.4. The Bertz CT molecular complexity index is 1040. The van der Waals surface area contributed by atoms with Gasteiger partial charge < -0.3 is 25.2 Å². The highest BCUT2D eigenvalue weighted by atomic mass is 35.5. The molecule has 1 aliphatic heterocycles. The van der Waals surface area contributed by atoms with Gasteiger partial charge in [0.05, 0.1) is 18.6 Å². The van der Waals surface area contributed by atoms with Crippen LogP contribution < -0.4 is 10.1 Å². The minimum absolute atomic E-state index is 0.102. The molecule has 4 atom stereocenters. The van der Waals surface area contributed by atoms with Crippen molar-refractivity contribution in [2.45, 2.75) is 37.6 Å². The Morgan fingerprint density at radius 2 is 1.88 bits per heavy atom. The van der Waals surface area contributed by atoms with E-state index in [4.69, 9.17) is 21.4 Å². The number of para-hydroxylation sites is 1. The van der Waals surface area contributed by atoms with E-state index in [1.165, 1.54) is 11.8 Å². The monoisotopic (exact) mass is 456 g/mol. The minimum Gasteiger partial charge on any atom is -0.486 e. The fraction of sp³-hybridized carbons (Fsp3) is 0.333. The van der Waals surface area contributed by atoms with E-state index >= 15 is 0 Å². The standard InChI is InChI=1S/C24H25ClN2O5/c1-14(29)27(13-15-6-8-16(25)9-7-15)19-12-18(24(31)26-10-11-28)21-17-4-2-3-5-20(17)32-23(21)22(19)30/h2-9,12,19,21-23,28,30H,10-11,13H2,1H3,(H,26,31). The molecular weight excluding hydrogens is 432 g/mol. The number of nitrogens with one attached hydrogen (secondary N) is 1. The fourth-order valence-corrected chi connectivity index (χ4v) is 4.53. The van der Waals surface area contributed by atoms with Gasteiger partial charge in [0.2, 0.25) is 11.8 Å². The molecule has 0 spiro atoms. The predicted molar refractivity (Wildman–Crippen MR) is 119 cm³/mol. The number of aliphatic hydroxyl groups is 2. The maximum Gasteiger partial charge on any atom is 0.247 e. The number of fused-ring (bicyclic) bond motifs is 3. The van der Waals surface area contributed by atoms with Crippen LogP contribution in [0.25, 0.3) is 0 Å². The maximum atomic E-state index is 13.0. The number of hydrogen-bond acceptors (Lipinski definition) is 5. The third-order valence-electron chi connectivity index (χ3n) is 5.91. The number of halogens is 1. The smallest absolute Gasteiger partial charge is 0.247 e. The molecule has 168 valence electrons. The first kappa shape index (κ1) is 22.3. The Morgan fingerprint density at radius 3 is 2.56 bits per heavy atom. The van der Waals surface area contributed by atoms with Crippen LogP contribution in [-0.2, 0) is 16.1 Å². The van der Waals surface area contributed by atoms with Crippen molar-refractivity contribution in [2.75, 3.05) is 13.2 Å². The topological polar surface area (TPSA) is 99.1 Å². The van der Waals surface area contributed by atoms with E-state index in [1.54, 1.807) is 24.3 Å². The zero-order valence-electron chi connectivity index (χ0n) is 17.6. The molecule has 0 bridgehead atoms. The van der Waals surface area contributed by atoms with E-state index in [9.17, 15) is 14.7 Å². The summed E-state index contributed by atoms with van der Waals surface area (Å²) in [5.41, 5.74) is 2.06. The summed E-state index contributed by atoms with van der Waals surface area (Å²) in [5.74, 6) is -0.471. The van der Waals surface area contributed by atoms with Gasteiger partial charge in [0.25, 0.3) is 0 Å². The average Bonchev–Trinajstić information content (AvgIpc) is 3.18. The highest BCUT2D eigenvalue weighted by Gasteiger charge is 2.50. The number of nitrogens with zero attached hydrogens (tertiary/aromatic N) is 1. The van der Waals surface area contributed by atoms with Crippen molar-refractivity contribution in [2.24, 2.45) is 0 Å². The first-order valence-electron chi connectivity index (χ1n) is 10.5. The highest BCUT2D eigenvalue weighted by Crippen LogP contribution is 2.47. The molecule has 0 fully saturated rings. The molecule has 7 nitrogen and oxygen atoms in total. The van der Waals surface area contributed by atoms with Crippen molar-refractivity contribution in [3.63, 3.8) is 0 Å². The molecule has 2 aromatic rings. The minimum atomic E-state index is -1.04. The molecule has 32 heavy (non-hydrogen) atoms. The number of rotatable bonds is 6. The summed E-state index contributed by atoms with van der Waals surface area (Å²) in [5, 5.41) is 23.7. The summed E-state index contributed by atoms with van der Waals surface area (Å²) >= 11 is 5.97. The number of benzene rings is 2. The Kier molecular flexibility index (Phi) is 6.50. The molecule has 8 heteroatoms. The van der Waals surface area contributed by atoms with Crippen LogP contribution in [0.15, 0.2) is 60.2 Å². The van der Waals surface area contributed by atoms with Gasteiger partial charge in [-0.3, -0.25) is 9.59 Å². The summed E-state index contributed by atoms with van der Waals surface area (Å²) < 4.78 is 6.06. The molecule has 2 amide bonds. The summed E-state index contributed by atoms with van der Waals surface area (Å²) in [6.07, 6.45) is -0.108. The molecule has 2 aromatic carbocycles. The van der Waals surface area contributed by atoms with Crippen LogP contribution in [0.3, 0.4) is 0 Å². The molecule has 1 heterocycles. The lowest BCUT2D eigenvalue weighted by Gasteiger charge is -2.40. The lowest BCUT2D eigenvalue weighted by molar-refractivity contribution is -0.135. The Labute approximate surface area is 191 Å². The van der Waals surface area contributed by atoms with Gasteiger partial charge in [-0.05, 0) is 29.8 Å². The number of ether oxygens (including phenoxy) is 1. The highest BCUT2D eigenvalue weighted by molar-refractivity contribution is 6.30. The first-order valence-corrected chi connectivity index (χ1v) is 10.8. The normalized spacial score (nSPS) is 23.4.